The highest BCUT2D eigenvalue weighted by Crippen LogP contribution is 2.17. The largest absolute Gasteiger partial charge is 0.492 e. The molecule has 0 saturated carbocycles. The number of aliphatic hydroxyl groups excluding tert-OH is 1. The van der Waals surface area contributed by atoms with Gasteiger partial charge in [-0.3, -0.25) is 4.79 Å². The Balaban J connectivity index is 2.42. The van der Waals surface area contributed by atoms with Crippen molar-refractivity contribution in [2.45, 2.75) is 26.1 Å². The number of carbonyl (C=O) groups excluding carboxylic acids is 1. The van der Waals surface area contributed by atoms with Crippen LogP contribution in [0, 0.1) is 5.92 Å². The number of hydrogen-bond acceptors (Lipinski definition) is 4. The molecule has 0 amide bonds. The summed E-state index contributed by atoms with van der Waals surface area (Å²) in [7, 11) is 0. The van der Waals surface area contributed by atoms with Crippen molar-refractivity contribution in [1.82, 2.24) is 0 Å². The number of esters is 1. The van der Waals surface area contributed by atoms with E-state index in [1.807, 2.05) is 6.92 Å². The SMILES string of the molecule is CC(=O)OC[C@H]1OC=C[C@@H](C)[C@@H]1O. The van der Waals surface area contributed by atoms with Gasteiger partial charge in [-0.2, -0.15) is 0 Å². The van der Waals surface area contributed by atoms with Gasteiger partial charge in [0.05, 0.1) is 6.26 Å². The predicted molar refractivity (Wildman–Crippen MR) is 45.8 cm³/mol. The van der Waals surface area contributed by atoms with Crippen molar-refractivity contribution in [3.05, 3.63) is 12.3 Å². The number of ether oxygens (including phenoxy) is 2. The first kappa shape index (κ1) is 10.1. The summed E-state index contributed by atoms with van der Waals surface area (Å²) in [5, 5.41) is 9.58. The lowest BCUT2D eigenvalue weighted by Crippen LogP contribution is -2.39. The van der Waals surface area contributed by atoms with Gasteiger partial charge in [0.2, 0.25) is 0 Å². The number of aliphatic hydroxyl groups is 1. The summed E-state index contributed by atoms with van der Waals surface area (Å²) in [6, 6.07) is 0. The second-order valence-electron chi connectivity index (χ2n) is 3.16. The normalized spacial score (nSPS) is 32.4. The molecule has 74 valence electrons. The molecule has 0 radical (unpaired) electrons. The summed E-state index contributed by atoms with van der Waals surface area (Å²) in [5.41, 5.74) is 0. The Bertz CT molecular complexity index is 212. The van der Waals surface area contributed by atoms with Gasteiger partial charge in [-0.25, -0.2) is 0 Å². The Morgan fingerprint density at radius 3 is 3.00 bits per heavy atom. The van der Waals surface area contributed by atoms with Crippen molar-refractivity contribution >= 4 is 5.97 Å². The molecule has 1 rings (SSSR count). The van der Waals surface area contributed by atoms with Gasteiger partial charge in [0, 0.05) is 12.8 Å². The second-order valence-corrected chi connectivity index (χ2v) is 3.16. The minimum atomic E-state index is -0.607. The molecule has 1 aliphatic heterocycles. The van der Waals surface area contributed by atoms with Gasteiger partial charge in [-0.05, 0) is 6.08 Å². The van der Waals surface area contributed by atoms with Crippen molar-refractivity contribution in [1.29, 1.82) is 0 Å². The van der Waals surface area contributed by atoms with Gasteiger partial charge in [0.25, 0.3) is 0 Å². The molecule has 13 heavy (non-hydrogen) atoms. The van der Waals surface area contributed by atoms with E-state index in [0.717, 1.165) is 0 Å². The van der Waals surface area contributed by atoms with Crippen LogP contribution < -0.4 is 0 Å². The van der Waals surface area contributed by atoms with Crippen molar-refractivity contribution < 1.29 is 19.4 Å². The molecule has 0 fully saturated rings. The molecule has 0 spiro atoms. The standard InChI is InChI=1S/C9H14O4/c1-6-3-4-12-8(9(6)11)5-13-7(2)10/h3-4,6,8-9,11H,5H2,1-2H3/t6-,8-,9+/m1/s1. The van der Waals surface area contributed by atoms with Gasteiger partial charge in [-0.1, -0.05) is 6.92 Å². The zero-order valence-corrected chi connectivity index (χ0v) is 7.77. The fourth-order valence-electron chi connectivity index (χ4n) is 1.14. The molecule has 1 heterocycles. The van der Waals surface area contributed by atoms with Crippen LogP contribution in [-0.2, 0) is 14.3 Å². The first-order chi connectivity index (χ1) is 6.11. The van der Waals surface area contributed by atoms with E-state index < -0.39 is 12.2 Å². The first-order valence-corrected chi connectivity index (χ1v) is 4.25. The van der Waals surface area contributed by atoms with Crippen LogP contribution >= 0.6 is 0 Å². The topological polar surface area (TPSA) is 55.8 Å². The average Bonchev–Trinajstić information content (AvgIpc) is 2.07. The molecule has 3 atom stereocenters. The van der Waals surface area contributed by atoms with E-state index in [1.165, 1.54) is 13.2 Å². The molecular weight excluding hydrogens is 172 g/mol. The van der Waals surface area contributed by atoms with E-state index in [0.29, 0.717) is 0 Å². The highest BCUT2D eigenvalue weighted by atomic mass is 16.6. The molecule has 0 unspecified atom stereocenters. The Morgan fingerprint density at radius 2 is 2.38 bits per heavy atom. The van der Waals surface area contributed by atoms with Crippen LogP contribution in [-0.4, -0.2) is 29.9 Å². The zero-order chi connectivity index (χ0) is 9.84. The van der Waals surface area contributed by atoms with E-state index in [-0.39, 0.29) is 18.5 Å². The molecule has 0 aliphatic carbocycles. The number of hydrogen-bond donors (Lipinski definition) is 1. The highest BCUT2D eigenvalue weighted by Gasteiger charge is 2.28. The highest BCUT2D eigenvalue weighted by molar-refractivity contribution is 5.65. The lowest BCUT2D eigenvalue weighted by Gasteiger charge is -2.28. The maximum Gasteiger partial charge on any atom is 0.302 e. The van der Waals surface area contributed by atoms with Gasteiger partial charge in [0.15, 0.2) is 6.10 Å². The van der Waals surface area contributed by atoms with Crippen molar-refractivity contribution in [2.75, 3.05) is 6.61 Å². The smallest absolute Gasteiger partial charge is 0.302 e. The van der Waals surface area contributed by atoms with Crippen LogP contribution in [0.4, 0.5) is 0 Å². The Kier molecular flexibility index (Phi) is 3.31. The second kappa shape index (κ2) is 4.28. The van der Waals surface area contributed by atoms with Crippen LogP contribution in [0.1, 0.15) is 13.8 Å². The zero-order valence-electron chi connectivity index (χ0n) is 7.77. The molecule has 0 saturated heterocycles. The fourth-order valence-corrected chi connectivity index (χ4v) is 1.14. The molecule has 1 aliphatic rings. The molecule has 4 nitrogen and oxygen atoms in total. The summed E-state index contributed by atoms with van der Waals surface area (Å²) in [6.45, 7) is 3.31. The Morgan fingerprint density at radius 1 is 1.69 bits per heavy atom. The maximum absolute atomic E-state index is 10.5. The minimum Gasteiger partial charge on any atom is -0.492 e. The Hall–Kier alpha value is -1.03. The molecule has 4 heteroatoms. The first-order valence-electron chi connectivity index (χ1n) is 4.25. The predicted octanol–water partition coefficient (Wildman–Crippen LogP) is 0.459. The maximum atomic E-state index is 10.5. The van der Waals surface area contributed by atoms with Crippen molar-refractivity contribution in [3.8, 4) is 0 Å². The molecule has 0 aromatic rings. The summed E-state index contributed by atoms with van der Waals surface area (Å²) < 4.78 is 9.85. The third-order valence-electron chi connectivity index (χ3n) is 2.01. The molecular formula is C9H14O4. The molecule has 1 N–H and O–H groups in total. The third kappa shape index (κ3) is 2.73. The van der Waals surface area contributed by atoms with Crippen molar-refractivity contribution in [2.24, 2.45) is 5.92 Å². The quantitative estimate of drug-likeness (QED) is 0.636. The van der Waals surface area contributed by atoms with Crippen LogP contribution in [0.2, 0.25) is 0 Å². The van der Waals surface area contributed by atoms with E-state index in [2.05, 4.69) is 0 Å². The van der Waals surface area contributed by atoms with E-state index in [4.69, 9.17) is 9.47 Å². The third-order valence-corrected chi connectivity index (χ3v) is 2.01. The average molecular weight is 186 g/mol. The molecule has 0 aromatic heterocycles. The van der Waals surface area contributed by atoms with Crippen LogP contribution in [0.5, 0.6) is 0 Å². The van der Waals surface area contributed by atoms with Crippen LogP contribution in [0.15, 0.2) is 12.3 Å². The van der Waals surface area contributed by atoms with Crippen LogP contribution in [0.3, 0.4) is 0 Å². The fraction of sp³-hybridized carbons (Fsp3) is 0.667. The lowest BCUT2D eigenvalue weighted by molar-refractivity contribution is -0.147. The minimum absolute atomic E-state index is 0.0364. The number of rotatable bonds is 2. The van der Waals surface area contributed by atoms with E-state index >= 15 is 0 Å². The summed E-state index contributed by atoms with van der Waals surface area (Å²) in [5.74, 6) is -0.327. The molecule has 0 aromatic carbocycles. The summed E-state index contributed by atoms with van der Waals surface area (Å²) >= 11 is 0. The van der Waals surface area contributed by atoms with Crippen LogP contribution in [0.25, 0.3) is 0 Å². The summed E-state index contributed by atoms with van der Waals surface area (Å²) in [6.07, 6.45) is 2.26. The van der Waals surface area contributed by atoms with Crippen molar-refractivity contribution in [3.63, 3.8) is 0 Å². The number of carbonyl (C=O) groups is 1. The van der Waals surface area contributed by atoms with E-state index in [1.54, 1.807) is 6.08 Å². The van der Waals surface area contributed by atoms with E-state index in [9.17, 15) is 9.90 Å². The van der Waals surface area contributed by atoms with Gasteiger partial charge in [0.1, 0.15) is 12.7 Å². The van der Waals surface area contributed by atoms with Gasteiger partial charge >= 0.3 is 5.97 Å². The monoisotopic (exact) mass is 186 g/mol. The van der Waals surface area contributed by atoms with Gasteiger partial charge < -0.3 is 14.6 Å². The summed E-state index contributed by atoms with van der Waals surface area (Å²) in [4.78, 5) is 10.5. The van der Waals surface area contributed by atoms with Gasteiger partial charge in [-0.15, -0.1) is 0 Å². The molecule has 0 bridgehead atoms. The Labute approximate surface area is 77.1 Å². The lowest BCUT2D eigenvalue weighted by atomic mass is 9.98.